The maximum Gasteiger partial charge on any atom is 0.409 e. The molecular weight excluding hydrogens is 370 g/mol. The fraction of sp³-hybridized carbons (Fsp3) is 0.579. The first-order valence-corrected chi connectivity index (χ1v) is 9.65. The highest BCUT2D eigenvalue weighted by molar-refractivity contribution is 6.30. The number of ether oxygens (including phenoxy) is 2. The molecule has 1 fully saturated rings. The lowest BCUT2D eigenvalue weighted by Crippen LogP contribution is -3.09. The van der Waals surface area contributed by atoms with Crippen LogP contribution in [0.15, 0.2) is 18.2 Å². The van der Waals surface area contributed by atoms with Crippen molar-refractivity contribution < 1.29 is 24.0 Å². The van der Waals surface area contributed by atoms with Gasteiger partial charge in [-0.3, -0.25) is 4.79 Å². The second-order valence-corrected chi connectivity index (χ2v) is 7.23. The first-order valence-electron chi connectivity index (χ1n) is 9.27. The molecule has 0 aliphatic carbocycles. The molecule has 0 radical (unpaired) electrons. The monoisotopic (exact) mass is 398 g/mol. The summed E-state index contributed by atoms with van der Waals surface area (Å²) in [6, 6.07) is 5.58. The fourth-order valence-electron chi connectivity index (χ4n) is 3.25. The number of nitrogens with one attached hydrogen (secondary N) is 2. The first kappa shape index (κ1) is 21.3. The summed E-state index contributed by atoms with van der Waals surface area (Å²) in [6.07, 6.45) is 1.21. The molecule has 150 valence electrons. The number of benzene rings is 1. The molecule has 0 spiro atoms. The Balaban J connectivity index is 1.77. The van der Waals surface area contributed by atoms with Gasteiger partial charge in [0.05, 0.1) is 20.8 Å². The number of likely N-dealkylation sites (N-methyl/N-ethyl adjacent to an activating group) is 1. The van der Waals surface area contributed by atoms with Gasteiger partial charge in [-0.15, -0.1) is 0 Å². The van der Waals surface area contributed by atoms with Crippen molar-refractivity contribution in [1.82, 2.24) is 10.2 Å². The van der Waals surface area contributed by atoms with Crippen LogP contribution in [-0.2, 0) is 16.1 Å². The van der Waals surface area contributed by atoms with Crippen LogP contribution in [0.25, 0.3) is 0 Å². The van der Waals surface area contributed by atoms with Crippen molar-refractivity contribution in [3.05, 3.63) is 28.8 Å². The predicted octanol–water partition coefficient (Wildman–Crippen LogP) is 1.10. The molecule has 2 rings (SSSR count). The van der Waals surface area contributed by atoms with E-state index in [-0.39, 0.29) is 18.0 Å². The number of rotatable bonds is 7. The van der Waals surface area contributed by atoms with Gasteiger partial charge in [0.2, 0.25) is 0 Å². The van der Waals surface area contributed by atoms with Gasteiger partial charge in [-0.1, -0.05) is 11.6 Å². The Morgan fingerprint density at radius 3 is 2.67 bits per heavy atom. The smallest absolute Gasteiger partial charge is 0.409 e. The summed E-state index contributed by atoms with van der Waals surface area (Å²) >= 11 is 6.06. The fourth-order valence-corrected chi connectivity index (χ4v) is 3.44. The molecule has 1 saturated heterocycles. The van der Waals surface area contributed by atoms with Gasteiger partial charge in [0.15, 0.2) is 6.54 Å². The van der Waals surface area contributed by atoms with Crippen LogP contribution in [-0.4, -0.2) is 63.3 Å². The van der Waals surface area contributed by atoms with Crippen LogP contribution < -0.4 is 15.0 Å². The molecule has 2 N–H and O–H groups in total. The summed E-state index contributed by atoms with van der Waals surface area (Å²) in [4.78, 5) is 26.8. The molecule has 1 heterocycles. The second kappa shape index (κ2) is 10.4. The van der Waals surface area contributed by atoms with Gasteiger partial charge >= 0.3 is 6.09 Å². The molecule has 1 aliphatic heterocycles. The number of methoxy groups -OCH3 is 1. The lowest BCUT2D eigenvalue weighted by molar-refractivity contribution is -0.885. The van der Waals surface area contributed by atoms with Gasteiger partial charge in [-0.2, -0.15) is 0 Å². The van der Waals surface area contributed by atoms with Crippen LogP contribution in [0.2, 0.25) is 5.02 Å². The Kier molecular flexibility index (Phi) is 8.19. The highest BCUT2D eigenvalue weighted by Gasteiger charge is 2.25. The number of halogens is 1. The Morgan fingerprint density at radius 2 is 2.04 bits per heavy atom. The van der Waals surface area contributed by atoms with Gasteiger partial charge < -0.3 is 24.6 Å². The zero-order valence-corrected chi connectivity index (χ0v) is 17.0. The molecule has 0 aromatic heterocycles. The molecule has 1 unspecified atom stereocenters. The molecule has 1 aromatic rings. The summed E-state index contributed by atoms with van der Waals surface area (Å²) in [6.45, 7) is 4.37. The molecule has 0 bridgehead atoms. The van der Waals surface area contributed by atoms with E-state index in [9.17, 15) is 9.59 Å². The van der Waals surface area contributed by atoms with Crippen molar-refractivity contribution in [2.24, 2.45) is 0 Å². The number of carbonyl (C=O) groups is 2. The van der Waals surface area contributed by atoms with E-state index < -0.39 is 0 Å². The standard InChI is InChI=1S/C19H28ClN3O4/c1-4-27-19(25)23-9-7-16(8-10-23)21-18(24)13-22(2)12-14-11-15(20)5-6-17(14)26-3/h5-6,11,16H,4,7-10,12-13H2,1-3H3,(H,21,24)/p+1. The van der Waals surface area contributed by atoms with E-state index in [1.54, 1.807) is 25.0 Å². The highest BCUT2D eigenvalue weighted by Crippen LogP contribution is 2.21. The molecule has 7 nitrogen and oxygen atoms in total. The number of hydrogen-bond acceptors (Lipinski definition) is 4. The third-order valence-electron chi connectivity index (χ3n) is 4.58. The molecule has 1 aromatic carbocycles. The van der Waals surface area contributed by atoms with Crippen LogP contribution in [0, 0.1) is 0 Å². The van der Waals surface area contributed by atoms with Crippen molar-refractivity contribution in [1.29, 1.82) is 0 Å². The van der Waals surface area contributed by atoms with Crippen LogP contribution in [0.3, 0.4) is 0 Å². The SMILES string of the molecule is CCOC(=O)N1CCC(NC(=O)C[NH+](C)Cc2cc(Cl)ccc2OC)CC1. The maximum absolute atomic E-state index is 12.4. The number of quaternary nitrogens is 1. The van der Waals surface area contributed by atoms with E-state index in [2.05, 4.69) is 5.32 Å². The minimum Gasteiger partial charge on any atom is -0.496 e. The second-order valence-electron chi connectivity index (χ2n) is 6.79. The van der Waals surface area contributed by atoms with E-state index in [0.717, 1.165) is 29.1 Å². The Bertz CT molecular complexity index is 648. The summed E-state index contributed by atoms with van der Waals surface area (Å²) in [5.74, 6) is 0.772. The van der Waals surface area contributed by atoms with Crippen molar-refractivity contribution in [2.45, 2.75) is 32.4 Å². The lowest BCUT2D eigenvalue weighted by Gasteiger charge is -2.31. The third kappa shape index (κ3) is 6.59. The number of piperidine rings is 1. The largest absolute Gasteiger partial charge is 0.496 e. The Labute approximate surface area is 165 Å². The molecule has 8 heteroatoms. The predicted molar refractivity (Wildman–Crippen MR) is 103 cm³/mol. The van der Waals surface area contributed by atoms with Crippen LogP contribution in [0.1, 0.15) is 25.3 Å². The van der Waals surface area contributed by atoms with Gasteiger partial charge in [0, 0.05) is 29.7 Å². The van der Waals surface area contributed by atoms with Gasteiger partial charge in [0.25, 0.3) is 5.91 Å². The van der Waals surface area contributed by atoms with Crippen molar-refractivity contribution >= 4 is 23.6 Å². The number of likely N-dealkylation sites (tertiary alicyclic amines) is 1. The molecule has 2 amide bonds. The summed E-state index contributed by atoms with van der Waals surface area (Å²) in [5.41, 5.74) is 0.970. The topological polar surface area (TPSA) is 72.3 Å². The number of hydrogen-bond donors (Lipinski definition) is 2. The van der Waals surface area contributed by atoms with Gasteiger partial charge in [-0.05, 0) is 38.0 Å². The average Bonchev–Trinajstić information content (AvgIpc) is 2.62. The summed E-state index contributed by atoms with van der Waals surface area (Å²) < 4.78 is 10.4. The van der Waals surface area contributed by atoms with Crippen molar-refractivity contribution in [3.63, 3.8) is 0 Å². The van der Waals surface area contributed by atoms with Crippen LogP contribution in [0.5, 0.6) is 5.75 Å². The van der Waals surface area contributed by atoms with Gasteiger partial charge in [-0.25, -0.2) is 4.79 Å². The Hall–Kier alpha value is -1.99. The van der Waals surface area contributed by atoms with E-state index >= 15 is 0 Å². The third-order valence-corrected chi connectivity index (χ3v) is 4.82. The molecular formula is C19H29ClN3O4+. The minimum absolute atomic E-state index is 0.00285. The lowest BCUT2D eigenvalue weighted by atomic mass is 10.1. The van der Waals surface area contributed by atoms with Crippen LogP contribution >= 0.6 is 11.6 Å². The van der Waals surface area contributed by atoms with E-state index in [1.807, 2.05) is 19.2 Å². The van der Waals surface area contributed by atoms with Crippen molar-refractivity contribution in [3.8, 4) is 5.75 Å². The molecule has 1 atom stereocenters. The number of amides is 2. The Morgan fingerprint density at radius 1 is 1.33 bits per heavy atom. The van der Waals surface area contributed by atoms with Gasteiger partial charge in [0.1, 0.15) is 12.3 Å². The van der Waals surface area contributed by atoms with E-state index in [1.165, 1.54) is 0 Å². The normalized spacial score (nSPS) is 15.9. The summed E-state index contributed by atoms with van der Waals surface area (Å²) in [5, 5.41) is 3.72. The van der Waals surface area contributed by atoms with E-state index in [0.29, 0.717) is 37.8 Å². The number of carbonyl (C=O) groups excluding carboxylic acids is 2. The summed E-state index contributed by atoms with van der Waals surface area (Å²) in [7, 11) is 3.58. The molecule has 27 heavy (non-hydrogen) atoms. The molecule has 1 aliphatic rings. The zero-order valence-electron chi connectivity index (χ0n) is 16.2. The minimum atomic E-state index is -0.276. The van der Waals surface area contributed by atoms with Crippen LogP contribution in [0.4, 0.5) is 4.79 Å². The highest BCUT2D eigenvalue weighted by atomic mass is 35.5. The van der Waals surface area contributed by atoms with E-state index in [4.69, 9.17) is 21.1 Å². The first-order chi connectivity index (χ1) is 12.9. The molecule has 0 saturated carbocycles. The maximum atomic E-state index is 12.4. The number of nitrogens with zero attached hydrogens (tertiary/aromatic N) is 1. The van der Waals surface area contributed by atoms with Crippen molar-refractivity contribution in [2.75, 3.05) is 40.4 Å². The zero-order chi connectivity index (χ0) is 19.8. The average molecular weight is 399 g/mol. The quantitative estimate of drug-likeness (QED) is 0.721.